The lowest BCUT2D eigenvalue weighted by atomic mass is 9.99. The first-order valence-corrected chi connectivity index (χ1v) is 9.09. The highest BCUT2D eigenvalue weighted by molar-refractivity contribution is 8.00. The molecule has 2 fully saturated rings. The third-order valence-corrected chi connectivity index (χ3v) is 5.81. The van der Waals surface area contributed by atoms with E-state index in [0.29, 0.717) is 0 Å². The van der Waals surface area contributed by atoms with Crippen molar-refractivity contribution in [2.75, 3.05) is 12.3 Å². The number of carbonyl (C=O) groups excluding carboxylic acids is 3. The Kier molecular flexibility index (Phi) is 5.07. The number of thioether (sulfide) groups is 1. The molecule has 2 heterocycles. The number of carbonyl (C=O) groups is 3. The lowest BCUT2D eigenvalue weighted by molar-refractivity contribution is -0.576. The first kappa shape index (κ1) is 19.1. The highest BCUT2D eigenvalue weighted by Crippen LogP contribution is 2.39. The molecule has 0 aliphatic carbocycles. The molecule has 2 saturated heterocycles. The Labute approximate surface area is 158 Å². The minimum absolute atomic E-state index is 0.115. The number of nitrogens with one attached hydrogen (secondary N) is 1. The molecule has 11 heteroatoms. The maximum atomic E-state index is 12.5. The van der Waals surface area contributed by atoms with E-state index in [1.54, 1.807) is 18.2 Å². The molecule has 3 rings (SSSR count). The van der Waals surface area contributed by atoms with Crippen molar-refractivity contribution in [3.63, 3.8) is 0 Å². The fraction of sp³-hybridized carbons (Fsp3) is 0.438. The van der Waals surface area contributed by atoms with E-state index in [4.69, 9.17) is 4.74 Å². The first-order chi connectivity index (χ1) is 12.7. The molecule has 2 aliphatic heterocycles. The van der Waals surface area contributed by atoms with E-state index in [2.05, 4.69) is 5.32 Å². The van der Waals surface area contributed by atoms with Crippen molar-refractivity contribution in [3.05, 3.63) is 46.0 Å². The van der Waals surface area contributed by atoms with Gasteiger partial charge < -0.3 is 20.1 Å². The number of nitro groups is 1. The number of rotatable bonds is 5. The molecule has 0 saturated carbocycles. The Bertz CT molecular complexity index is 789. The maximum Gasteiger partial charge on any atom is 0.382 e. The Morgan fingerprint density at radius 3 is 2.70 bits per heavy atom. The van der Waals surface area contributed by atoms with Gasteiger partial charge in [0, 0.05) is 12.7 Å². The summed E-state index contributed by atoms with van der Waals surface area (Å²) in [4.78, 5) is 47.5. The Balaban J connectivity index is 1.69. The molecule has 2 aliphatic rings. The number of nitrogens with zero attached hydrogens (tertiary/aromatic N) is 2. The van der Waals surface area contributed by atoms with Crippen LogP contribution in [0.2, 0.25) is 0 Å². The molecule has 27 heavy (non-hydrogen) atoms. The van der Waals surface area contributed by atoms with E-state index in [1.807, 2.05) is 0 Å². The van der Waals surface area contributed by atoms with Crippen molar-refractivity contribution in [2.45, 2.75) is 30.2 Å². The minimum atomic E-state index is -2.07. The van der Waals surface area contributed by atoms with E-state index < -0.39 is 40.0 Å². The summed E-state index contributed by atoms with van der Waals surface area (Å²) in [5, 5.41) is 24.0. The Morgan fingerprint density at radius 1 is 1.44 bits per heavy atom. The summed E-state index contributed by atoms with van der Waals surface area (Å²) >= 11 is 1.10. The highest BCUT2D eigenvalue weighted by atomic mass is 32.2. The quantitative estimate of drug-likeness (QED) is 0.227. The zero-order chi connectivity index (χ0) is 19.8. The summed E-state index contributed by atoms with van der Waals surface area (Å²) in [7, 11) is 0. The van der Waals surface area contributed by atoms with Gasteiger partial charge in [0.2, 0.25) is 11.8 Å². The monoisotopic (exact) mass is 395 g/mol. The van der Waals surface area contributed by atoms with Crippen LogP contribution in [0.25, 0.3) is 0 Å². The average molecular weight is 395 g/mol. The lowest BCUT2D eigenvalue weighted by Gasteiger charge is -2.52. The van der Waals surface area contributed by atoms with Gasteiger partial charge in [-0.05, 0) is 12.1 Å². The average Bonchev–Trinajstić information content (AvgIpc) is 2.64. The van der Waals surface area contributed by atoms with Crippen LogP contribution in [0.15, 0.2) is 30.3 Å². The number of β-lactam (4-membered cyclic amide) rings is 1. The van der Waals surface area contributed by atoms with Gasteiger partial charge in [0.15, 0.2) is 5.60 Å². The second-order valence-corrected chi connectivity index (χ2v) is 7.44. The lowest BCUT2D eigenvalue weighted by Crippen LogP contribution is -2.75. The second-order valence-electron chi connectivity index (χ2n) is 6.33. The SMILES string of the molecule is CC(=O)NC1C(=O)N2CC(O)(C(=O)OC(c3ccccc3)[N+](=O)[O-])CS[C@H]12. The summed E-state index contributed by atoms with van der Waals surface area (Å²) in [5.74, 6) is -2.07. The number of fused-ring (bicyclic) bond motifs is 1. The number of benzene rings is 1. The third kappa shape index (κ3) is 3.60. The molecule has 1 aromatic carbocycles. The topological polar surface area (TPSA) is 139 Å². The van der Waals surface area contributed by atoms with Gasteiger partial charge in [0.25, 0.3) is 0 Å². The van der Waals surface area contributed by atoms with E-state index in [9.17, 15) is 29.6 Å². The van der Waals surface area contributed by atoms with Crippen molar-refractivity contribution < 1.29 is 29.2 Å². The van der Waals surface area contributed by atoms with Crippen LogP contribution in [0.3, 0.4) is 0 Å². The third-order valence-electron chi connectivity index (χ3n) is 4.30. The zero-order valence-electron chi connectivity index (χ0n) is 14.2. The number of esters is 1. The second kappa shape index (κ2) is 7.16. The zero-order valence-corrected chi connectivity index (χ0v) is 15.0. The summed E-state index contributed by atoms with van der Waals surface area (Å²) < 4.78 is 4.97. The van der Waals surface area contributed by atoms with Crippen molar-refractivity contribution in [2.24, 2.45) is 0 Å². The van der Waals surface area contributed by atoms with Crippen molar-refractivity contribution in [1.29, 1.82) is 0 Å². The van der Waals surface area contributed by atoms with Crippen LogP contribution in [-0.2, 0) is 19.1 Å². The highest BCUT2D eigenvalue weighted by Gasteiger charge is 2.57. The van der Waals surface area contributed by atoms with Crippen LogP contribution >= 0.6 is 11.8 Å². The van der Waals surface area contributed by atoms with Gasteiger partial charge in [-0.15, -0.1) is 11.8 Å². The van der Waals surface area contributed by atoms with Crippen molar-refractivity contribution in [3.8, 4) is 0 Å². The van der Waals surface area contributed by atoms with E-state index in [0.717, 1.165) is 11.8 Å². The fourth-order valence-corrected chi connectivity index (χ4v) is 4.36. The molecule has 2 amide bonds. The van der Waals surface area contributed by atoms with Gasteiger partial charge in [-0.25, -0.2) is 4.79 Å². The molecular weight excluding hydrogens is 378 g/mol. The van der Waals surface area contributed by atoms with Gasteiger partial charge >= 0.3 is 12.2 Å². The van der Waals surface area contributed by atoms with Crippen LogP contribution < -0.4 is 5.32 Å². The molecule has 10 nitrogen and oxygen atoms in total. The molecule has 144 valence electrons. The molecule has 0 spiro atoms. The molecule has 0 bridgehead atoms. The van der Waals surface area contributed by atoms with Gasteiger partial charge in [-0.3, -0.25) is 19.7 Å². The van der Waals surface area contributed by atoms with Gasteiger partial charge in [-0.2, -0.15) is 0 Å². The molecule has 0 radical (unpaired) electrons. The fourth-order valence-electron chi connectivity index (χ4n) is 2.97. The van der Waals surface area contributed by atoms with Gasteiger partial charge in [0.05, 0.1) is 17.0 Å². The molecule has 0 aromatic heterocycles. The summed E-state index contributed by atoms with van der Waals surface area (Å²) in [6.07, 6.45) is -1.76. The Hall–Kier alpha value is -2.66. The molecule has 1 aromatic rings. The number of hydrogen-bond donors (Lipinski definition) is 2. The van der Waals surface area contributed by atoms with E-state index in [-0.39, 0.29) is 23.8 Å². The largest absolute Gasteiger partial charge is 0.392 e. The Morgan fingerprint density at radius 2 is 2.11 bits per heavy atom. The maximum absolute atomic E-state index is 12.5. The van der Waals surface area contributed by atoms with Crippen LogP contribution in [-0.4, -0.2) is 62.0 Å². The predicted molar refractivity (Wildman–Crippen MR) is 92.8 cm³/mol. The summed E-state index contributed by atoms with van der Waals surface area (Å²) in [5.41, 5.74) is -1.91. The number of aliphatic hydroxyl groups is 1. The molecule has 4 atom stereocenters. The molecule has 3 unspecified atom stereocenters. The summed E-state index contributed by atoms with van der Waals surface area (Å²) in [6.45, 7) is 0.941. The predicted octanol–water partition coefficient (Wildman–Crippen LogP) is -0.344. The minimum Gasteiger partial charge on any atom is -0.392 e. The van der Waals surface area contributed by atoms with Crippen LogP contribution in [0.4, 0.5) is 0 Å². The van der Waals surface area contributed by atoms with E-state index >= 15 is 0 Å². The smallest absolute Gasteiger partial charge is 0.382 e. The van der Waals surface area contributed by atoms with Gasteiger partial charge in [-0.1, -0.05) is 18.2 Å². The number of hydrogen-bond acceptors (Lipinski definition) is 8. The van der Waals surface area contributed by atoms with Crippen LogP contribution in [0, 0.1) is 10.1 Å². The van der Waals surface area contributed by atoms with Gasteiger partial charge in [0.1, 0.15) is 11.4 Å². The number of amides is 2. The number of ether oxygens (including phenoxy) is 1. The van der Waals surface area contributed by atoms with E-state index in [1.165, 1.54) is 24.0 Å². The van der Waals surface area contributed by atoms with Crippen LogP contribution in [0.1, 0.15) is 18.7 Å². The van der Waals surface area contributed by atoms with Crippen molar-refractivity contribution >= 4 is 29.5 Å². The molecular formula is C16H17N3O7S. The van der Waals surface area contributed by atoms with Crippen LogP contribution in [0.5, 0.6) is 0 Å². The normalized spacial score (nSPS) is 27.8. The summed E-state index contributed by atoms with van der Waals surface area (Å²) in [6, 6.07) is 6.96. The standard InChI is InChI=1S/C16H17N3O7S/c1-9(20)17-11-12(21)18-7-16(23,8-27-14(11)18)15(22)26-13(19(24)25)10-5-3-2-4-6-10/h2-6,11,13-14,23H,7-8H2,1H3,(H,17,20)/t11?,13?,14-,16?/m1/s1. The van der Waals surface area contributed by atoms with Crippen molar-refractivity contribution in [1.82, 2.24) is 10.2 Å². The molecule has 2 N–H and O–H groups in total. The first-order valence-electron chi connectivity index (χ1n) is 8.04.